The van der Waals surface area contributed by atoms with Crippen molar-refractivity contribution in [2.24, 2.45) is 0 Å². The van der Waals surface area contributed by atoms with E-state index in [-0.39, 0.29) is 5.91 Å². The SMILES string of the molecule is Nc1ncnc2cc(CC(=CCN3CCNCC3=O)c3ccc(Br)o3)ccc12. The number of furan rings is 1. The Morgan fingerprint density at radius 2 is 2.21 bits per heavy atom. The van der Waals surface area contributed by atoms with Crippen molar-refractivity contribution in [2.75, 3.05) is 31.9 Å². The molecule has 1 saturated heterocycles. The number of hydrogen-bond acceptors (Lipinski definition) is 6. The minimum Gasteiger partial charge on any atom is -0.450 e. The van der Waals surface area contributed by atoms with E-state index >= 15 is 0 Å². The first-order valence-corrected chi connectivity index (χ1v) is 9.82. The number of piperazine rings is 1. The van der Waals surface area contributed by atoms with Gasteiger partial charge < -0.3 is 20.4 Å². The van der Waals surface area contributed by atoms with Crippen LogP contribution in [0.25, 0.3) is 16.5 Å². The van der Waals surface area contributed by atoms with Crippen LogP contribution in [-0.2, 0) is 11.2 Å². The number of nitrogens with zero attached hydrogens (tertiary/aromatic N) is 3. The van der Waals surface area contributed by atoms with Crippen LogP contribution in [0.5, 0.6) is 0 Å². The monoisotopic (exact) mass is 441 g/mol. The van der Waals surface area contributed by atoms with E-state index < -0.39 is 0 Å². The molecule has 0 spiro atoms. The number of nitrogen functional groups attached to an aromatic ring is 1. The number of benzene rings is 1. The van der Waals surface area contributed by atoms with Crippen LogP contribution in [0.1, 0.15) is 11.3 Å². The van der Waals surface area contributed by atoms with Crippen molar-refractivity contribution in [3.63, 3.8) is 0 Å². The normalized spacial score (nSPS) is 15.4. The van der Waals surface area contributed by atoms with Gasteiger partial charge in [-0.1, -0.05) is 12.1 Å². The van der Waals surface area contributed by atoms with Gasteiger partial charge in [0.05, 0.1) is 12.1 Å². The molecule has 3 heterocycles. The molecule has 0 saturated carbocycles. The van der Waals surface area contributed by atoms with Crippen LogP contribution in [0, 0.1) is 0 Å². The summed E-state index contributed by atoms with van der Waals surface area (Å²) in [4.78, 5) is 22.3. The molecule has 0 unspecified atom stereocenters. The fourth-order valence-electron chi connectivity index (χ4n) is 3.26. The van der Waals surface area contributed by atoms with Crippen LogP contribution in [0.15, 0.2) is 51.8 Å². The number of allylic oxidation sites excluding steroid dienone is 1. The minimum atomic E-state index is 0.111. The molecule has 2 aromatic heterocycles. The van der Waals surface area contributed by atoms with Crippen LogP contribution in [0.2, 0.25) is 0 Å². The molecule has 3 aromatic rings. The molecule has 1 fully saturated rings. The van der Waals surface area contributed by atoms with E-state index in [1.165, 1.54) is 6.33 Å². The van der Waals surface area contributed by atoms with E-state index in [1.54, 1.807) is 0 Å². The Kier molecular flexibility index (Phi) is 5.40. The second kappa shape index (κ2) is 8.12. The summed E-state index contributed by atoms with van der Waals surface area (Å²) in [5, 5.41) is 3.93. The van der Waals surface area contributed by atoms with E-state index in [0.717, 1.165) is 34.3 Å². The Balaban J connectivity index is 1.62. The Labute approximate surface area is 170 Å². The Bertz CT molecular complexity index is 1050. The fraction of sp³-hybridized carbons (Fsp3) is 0.250. The molecule has 0 radical (unpaired) electrons. The molecule has 0 atom stereocenters. The van der Waals surface area contributed by atoms with Crippen LogP contribution < -0.4 is 11.1 Å². The third kappa shape index (κ3) is 4.07. The summed E-state index contributed by atoms with van der Waals surface area (Å²) in [7, 11) is 0. The van der Waals surface area contributed by atoms with Gasteiger partial charge in [-0.25, -0.2) is 9.97 Å². The molecule has 1 aliphatic heterocycles. The molecular formula is C20H20BrN5O2. The maximum Gasteiger partial charge on any atom is 0.236 e. The summed E-state index contributed by atoms with van der Waals surface area (Å²) in [6, 6.07) is 9.76. The number of carbonyl (C=O) groups is 1. The number of rotatable bonds is 5. The minimum absolute atomic E-state index is 0.111. The molecule has 1 aliphatic rings. The number of nitrogens with one attached hydrogen (secondary N) is 1. The first kappa shape index (κ1) is 18.6. The van der Waals surface area contributed by atoms with E-state index in [1.807, 2.05) is 35.2 Å². The molecule has 1 amide bonds. The van der Waals surface area contributed by atoms with Crippen molar-refractivity contribution in [2.45, 2.75) is 6.42 Å². The number of anilines is 1. The maximum atomic E-state index is 12.1. The number of nitrogens with two attached hydrogens (primary N) is 1. The van der Waals surface area contributed by atoms with Gasteiger partial charge >= 0.3 is 0 Å². The van der Waals surface area contributed by atoms with E-state index in [9.17, 15) is 4.79 Å². The van der Waals surface area contributed by atoms with Gasteiger partial charge in [-0.2, -0.15) is 0 Å². The number of hydrogen-bond donors (Lipinski definition) is 2. The summed E-state index contributed by atoms with van der Waals surface area (Å²) in [6.07, 6.45) is 4.19. The quantitative estimate of drug-likeness (QED) is 0.631. The van der Waals surface area contributed by atoms with Crippen molar-refractivity contribution in [1.29, 1.82) is 0 Å². The number of halogens is 1. The largest absolute Gasteiger partial charge is 0.450 e. The zero-order valence-electron chi connectivity index (χ0n) is 15.2. The predicted octanol–water partition coefficient (Wildman–Crippen LogP) is 2.63. The smallest absolute Gasteiger partial charge is 0.236 e. The predicted molar refractivity (Wildman–Crippen MR) is 111 cm³/mol. The molecule has 0 bridgehead atoms. The van der Waals surface area contributed by atoms with E-state index in [4.69, 9.17) is 10.2 Å². The number of fused-ring (bicyclic) bond motifs is 1. The van der Waals surface area contributed by atoms with Crippen molar-refractivity contribution in [1.82, 2.24) is 20.2 Å². The molecule has 28 heavy (non-hydrogen) atoms. The van der Waals surface area contributed by atoms with Gasteiger partial charge in [0.25, 0.3) is 0 Å². The van der Waals surface area contributed by atoms with E-state index in [2.05, 4.69) is 37.3 Å². The third-order valence-corrected chi connectivity index (χ3v) is 5.19. The highest BCUT2D eigenvalue weighted by atomic mass is 79.9. The van der Waals surface area contributed by atoms with Gasteiger partial charge in [-0.05, 0) is 51.3 Å². The lowest BCUT2D eigenvalue weighted by Gasteiger charge is -2.26. The third-order valence-electron chi connectivity index (χ3n) is 4.76. The molecule has 0 aliphatic carbocycles. The lowest BCUT2D eigenvalue weighted by Crippen LogP contribution is -2.47. The number of aromatic nitrogens is 2. The molecule has 3 N–H and O–H groups in total. The summed E-state index contributed by atoms with van der Waals surface area (Å²) in [5.41, 5.74) is 8.82. The Morgan fingerprint density at radius 3 is 3.00 bits per heavy atom. The van der Waals surface area contributed by atoms with Gasteiger partial charge in [-0.15, -0.1) is 0 Å². The summed E-state index contributed by atoms with van der Waals surface area (Å²) < 4.78 is 6.45. The molecule has 8 heteroatoms. The zero-order chi connectivity index (χ0) is 19.5. The van der Waals surface area contributed by atoms with Gasteiger partial charge in [0.15, 0.2) is 4.67 Å². The molecule has 7 nitrogen and oxygen atoms in total. The highest BCUT2D eigenvalue weighted by Crippen LogP contribution is 2.26. The standard InChI is InChI=1S/C20H20BrN5O2/c21-18-4-3-17(28-18)14(5-7-26-8-6-23-11-19(26)27)9-13-1-2-15-16(10-13)24-12-25-20(15)22/h1-5,10,12,23H,6-9,11H2,(H2,22,24,25). The van der Waals surface area contributed by atoms with Crippen LogP contribution in [0.3, 0.4) is 0 Å². The molecular weight excluding hydrogens is 422 g/mol. The van der Waals surface area contributed by atoms with Crippen LogP contribution >= 0.6 is 15.9 Å². The zero-order valence-corrected chi connectivity index (χ0v) is 16.8. The average molecular weight is 442 g/mol. The molecule has 144 valence electrons. The van der Waals surface area contributed by atoms with Crippen molar-refractivity contribution in [3.8, 4) is 0 Å². The van der Waals surface area contributed by atoms with Gasteiger partial charge in [0.2, 0.25) is 5.91 Å². The van der Waals surface area contributed by atoms with Crippen molar-refractivity contribution < 1.29 is 9.21 Å². The Morgan fingerprint density at radius 1 is 1.32 bits per heavy atom. The first-order valence-electron chi connectivity index (χ1n) is 9.02. The van der Waals surface area contributed by atoms with Gasteiger partial charge in [0.1, 0.15) is 17.9 Å². The lowest BCUT2D eigenvalue weighted by atomic mass is 10.0. The van der Waals surface area contributed by atoms with Crippen LogP contribution in [0.4, 0.5) is 5.82 Å². The highest BCUT2D eigenvalue weighted by molar-refractivity contribution is 9.10. The van der Waals surface area contributed by atoms with E-state index in [0.29, 0.717) is 36.5 Å². The summed E-state index contributed by atoms with van der Waals surface area (Å²) >= 11 is 3.37. The van der Waals surface area contributed by atoms with Gasteiger partial charge in [-0.3, -0.25) is 4.79 Å². The van der Waals surface area contributed by atoms with Crippen LogP contribution in [-0.4, -0.2) is 47.0 Å². The highest BCUT2D eigenvalue weighted by Gasteiger charge is 2.17. The average Bonchev–Trinajstić information content (AvgIpc) is 3.12. The first-order chi connectivity index (χ1) is 13.6. The fourth-order valence-corrected chi connectivity index (χ4v) is 3.57. The second-order valence-electron chi connectivity index (χ2n) is 6.64. The van der Waals surface area contributed by atoms with Crippen molar-refractivity contribution >= 4 is 44.1 Å². The second-order valence-corrected chi connectivity index (χ2v) is 7.42. The summed E-state index contributed by atoms with van der Waals surface area (Å²) in [5.74, 6) is 1.36. The summed E-state index contributed by atoms with van der Waals surface area (Å²) in [6.45, 7) is 2.46. The topological polar surface area (TPSA) is 97.3 Å². The van der Waals surface area contributed by atoms with Crippen molar-refractivity contribution in [3.05, 3.63) is 58.7 Å². The van der Waals surface area contributed by atoms with Gasteiger partial charge in [0, 0.05) is 31.4 Å². The number of amides is 1. The Hall–Kier alpha value is -2.71. The molecule has 1 aromatic carbocycles. The lowest BCUT2D eigenvalue weighted by molar-refractivity contribution is -0.131. The number of carbonyl (C=O) groups excluding carboxylic acids is 1. The maximum absolute atomic E-state index is 12.1. The molecule has 4 rings (SSSR count).